The molecule has 1 aromatic rings. The average Bonchev–Trinajstić information content (AvgIpc) is 2.76. The van der Waals surface area contributed by atoms with Gasteiger partial charge in [0.05, 0.1) is 10.6 Å². The second-order valence-corrected chi connectivity index (χ2v) is 5.85. The quantitative estimate of drug-likeness (QED) is 0.796. The van der Waals surface area contributed by atoms with Crippen LogP contribution in [0.4, 0.5) is 0 Å². The smallest absolute Gasteiger partial charge is 0.0953 e. The van der Waals surface area contributed by atoms with Gasteiger partial charge >= 0.3 is 0 Å². The summed E-state index contributed by atoms with van der Waals surface area (Å²) in [4.78, 5) is 4.26. The maximum Gasteiger partial charge on any atom is 0.0953 e. The van der Waals surface area contributed by atoms with Crippen LogP contribution in [0, 0.1) is 0 Å². The second-order valence-electron chi connectivity index (χ2n) is 4.87. The third-order valence-corrected chi connectivity index (χ3v) is 4.33. The van der Waals surface area contributed by atoms with Crippen molar-refractivity contribution in [3.8, 4) is 0 Å². The molecule has 2 atom stereocenters. The van der Waals surface area contributed by atoms with E-state index in [4.69, 9.17) is 0 Å². The summed E-state index contributed by atoms with van der Waals surface area (Å²) in [6.07, 6.45) is 6.79. The normalized spacial score (nSPS) is 39.5. The molecule has 4 heteroatoms. The van der Waals surface area contributed by atoms with Gasteiger partial charge < -0.3 is 10.4 Å². The van der Waals surface area contributed by atoms with Gasteiger partial charge in [0, 0.05) is 30.1 Å². The molecular weight excluding hydrogens is 208 g/mol. The van der Waals surface area contributed by atoms with E-state index in [9.17, 15) is 5.11 Å². The number of nitrogens with zero attached hydrogens (tertiary/aromatic N) is 1. The Bertz CT molecular complexity index is 326. The lowest BCUT2D eigenvalue weighted by molar-refractivity contribution is -0.00611. The highest BCUT2D eigenvalue weighted by molar-refractivity contribution is 7.09. The van der Waals surface area contributed by atoms with Crippen molar-refractivity contribution in [1.29, 1.82) is 0 Å². The van der Waals surface area contributed by atoms with Crippen molar-refractivity contribution in [2.24, 2.45) is 0 Å². The van der Waals surface area contributed by atoms with E-state index in [2.05, 4.69) is 10.3 Å². The van der Waals surface area contributed by atoms with E-state index in [0.29, 0.717) is 12.1 Å². The predicted molar refractivity (Wildman–Crippen MR) is 59.9 cm³/mol. The number of fused-ring (bicyclic) bond motifs is 2. The first-order valence-electron chi connectivity index (χ1n) is 5.60. The topological polar surface area (TPSA) is 45.2 Å². The van der Waals surface area contributed by atoms with Crippen LogP contribution in [0.25, 0.3) is 0 Å². The zero-order chi connectivity index (χ0) is 10.3. The van der Waals surface area contributed by atoms with Gasteiger partial charge in [0.1, 0.15) is 0 Å². The standard InChI is InChI=1S/C11H16N2OS/c14-11(7-10-12-3-4-15-10)5-8-1-2-9(6-11)13-8/h3-4,8-9,13-14H,1-2,5-7H2. The van der Waals surface area contributed by atoms with Crippen molar-refractivity contribution in [3.05, 3.63) is 16.6 Å². The summed E-state index contributed by atoms with van der Waals surface area (Å²) in [5.74, 6) is 0. The van der Waals surface area contributed by atoms with Crippen LogP contribution in [0.15, 0.2) is 11.6 Å². The van der Waals surface area contributed by atoms with E-state index in [1.54, 1.807) is 11.3 Å². The van der Waals surface area contributed by atoms with Crippen LogP contribution in [-0.2, 0) is 6.42 Å². The van der Waals surface area contributed by atoms with Gasteiger partial charge in [0.2, 0.25) is 0 Å². The number of hydrogen-bond acceptors (Lipinski definition) is 4. The molecule has 2 bridgehead atoms. The molecule has 3 heterocycles. The number of hydrogen-bond donors (Lipinski definition) is 2. The Labute approximate surface area is 93.5 Å². The molecule has 0 amide bonds. The summed E-state index contributed by atoms with van der Waals surface area (Å²) in [5.41, 5.74) is -0.505. The molecule has 3 rings (SSSR count). The Morgan fingerprint density at radius 3 is 2.80 bits per heavy atom. The fourth-order valence-electron chi connectivity index (χ4n) is 2.99. The zero-order valence-corrected chi connectivity index (χ0v) is 9.46. The highest BCUT2D eigenvalue weighted by Gasteiger charge is 2.42. The molecule has 2 aliphatic heterocycles. The number of thiazole rings is 1. The Hall–Kier alpha value is -0.450. The molecule has 0 radical (unpaired) electrons. The van der Waals surface area contributed by atoms with Gasteiger partial charge in [0.25, 0.3) is 0 Å². The molecule has 0 spiro atoms. The van der Waals surface area contributed by atoms with Crippen LogP contribution in [0.5, 0.6) is 0 Å². The molecule has 15 heavy (non-hydrogen) atoms. The highest BCUT2D eigenvalue weighted by atomic mass is 32.1. The van der Waals surface area contributed by atoms with Gasteiger partial charge in [-0.25, -0.2) is 4.98 Å². The van der Waals surface area contributed by atoms with Gasteiger partial charge in [0.15, 0.2) is 0 Å². The molecule has 0 aromatic carbocycles. The number of aromatic nitrogens is 1. The van der Waals surface area contributed by atoms with Gasteiger partial charge in [-0.3, -0.25) is 0 Å². The van der Waals surface area contributed by atoms with E-state index in [-0.39, 0.29) is 0 Å². The van der Waals surface area contributed by atoms with E-state index in [1.165, 1.54) is 12.8 Å². The molecule has 3 nitrogen and oxygen atoms in total. The molecule has 2 saturated heterocycles. The first-order chi connectivity index (χ1) is 7.23. The van der Waals surface area contributed by atoms with E-state index in [1.807, 2.05) is 11.6 Å². The molecule has 0 saturated carbocycles. The van der Waals surface area contributed by atoms with Gasteiger partial charge in [-0.2, -0.15) is 0 Å². The highest BCUT2D eigenvalue weighted by Crippen LogP contribution is 2.36. The van der Waals surface area contributed by atoms with Crippen LogP contribution in [0.3, 0.4) is 0 Å². The lowest BCUT2D eigenvalue weighted by Crippen LogP contribution is -2.49. The summed E-state index contributed by atoms with van der Waals surface area (Å²) in [6.45, 7) is 0. The maximum absolute atomic E-state index is 10.6. The maximum atomic E-state index is 10.6. The molecule has 0 aliphatic carbocycles. The molecule has 2 N–H and O–H groups in total. The van der Waals surface area contributed by atoms with Crippen molar-refractivity contribution in [2.45, 2.75) is 49.8 Å². The molecule has 2 aliphatic rings. The first-order valence-corrected chi connectivity index (χ1v) is 6.48. The minimum absolute atomic E-state index is 0.505. The van der Waals surface area contributed by atoms with Gasteiger partial charge in [-0.15, -0.1) is 11.3 Å². The monoisotopic (exact) mass is 224 g/mol. The number of aliphatic hydroxyl groups is 1. The van der Waals surface area contributed by atoms with Gasteiger partial charge in [-0.1, -0.05) is 0 Å². The SMILES string of the molecule is OC1(Cc2nccs2)CC2CCC(C1)N2. The lowest BCUT2D eigenvalue weighted by Gasteiger charge is -2.36. The Balaban J connectivity index is 1.74. The summed E-state index contributed by atoms with van der Waals surface area (Å²) in [5, 5.41) is 17.1. The van der Waals surface area contributed by atoms with E-state index in [0.717, 1.165) is 24.3 Å². The Morgan fingerprint density at radius 1 is 1.47 bits per heavy atom. The van der Waals surface area contributed by atoms with Crippen LogP contribution in [-0.4, -0.2) is 27.8 Å². The number of rotatable bonds is 2. The summed E-state index contributed by atoms with van der Waals surface area (Å²) >= 11 is 1.65. The summed E-state index contributed by atoms with van der Waals surface area (Å²) < 4.78 is 0. The minimum Gasteiger partial charge on any atom is -0.389 e. The van der Waals surface area contributed by atoms with E-state index >= 15 is 0 Å². The summed E-state index contributed by atoms with van der Waals surface area (Å²) in [6, 6.07) is 1.07. The lowest BCUT2D eigenvalue weighted by atomic mass is 9.85. The van der Waals surface area contributed by atoms with Crippen molar-refractivity contribution in [2.75, 3.05) is 0 Å². The Morgan fingerprint density at radius 2 is 2.20 bits per heavy atom. The van der Waals surface area contributed by atoms with Crippen LogP contribution in [0.1, 0.15) is 30.7 Å². The molecule has 82 valence electrons. The van der Waals surface area contributed by atoms with E-state index < -0.39 is 5.60 Å². The molecule has 2 unspecified atom stereocenters. The van der Waals surface area contributed by atoms with Crippen molar-refractivity contribution < 1.29 is 5.11 Å². The molecule has 2 fully saturated rings. The average molecular weight is 224 g/mol. The van der Waals surface area contributed by atoms with Crippen molar-refractivity contribution in [3.63, 3.8) is 0 Å². The minimum atomic E-state index is -0.505. The van der Waals surface area contributed by atoms with Crippen molar-refractivity contribution in [1.82, 2.24) is 10.3 Å². The second kappa shape index (κ2) is 3.54. The number of nitrogens with one attached hydrogen (secondary N) is 1. The third kappa shape index (κ3) is 1.94. The largest absolute Gasteiger partial charge is 0.389 e. The zero-order valence-electron chi connectivity index (χ0n) is 8.65. The predicted octanol–water partition coefficient (Wildman–Crippen LogP) is 1.33. The van der Waals surface area contributed by atoms with Crippen LogP contribution in [0.2, 0.25) is 0 Å². The van der Waals surface area contributed by atoms with Crippen molar-refractivity contribution >= 4 is 11.3 Å². The summed E-state index contributed by atoms with van der Waals surface area (Å²) in [7, 11) is 0. The van der Waals surface area contributed by atoms with Crippen LogP contribution < -0.4 is 5.32 Å². The van der Waals surface area contributed by atoms with Gasteiger partial charge in [-0.05, 0) is 25.7 Å². The van der Waals surface area contributed by atoms with Crippen LogP contribution >= 0.6 is 11.3 Å². The molecular formula is C11H16N2OS. The third-order valence-electron chi connectivity index (χ3n) is 3.55. The molecule has 1 aromatic heterocycles. The fraction of sp³-hybridized carbons (Fsp3) is 0.727. The first kappa shape index (κ1) is 9.75. The Kier molecular flexibility index (Phi) is 2.30. The number of piperidine rings is 1. The fourth-order valence-corrected chi connectivity index (χ4v) is 3.74.